The van der Waals surface area contributed by atoms with Crippen LogP contribution in [0.25, 0.3) is 10.8 Å². The van der Waals surface area contributed by atoms with Crippen molar-refractivity contribution in [2.75, 3.05) is 10.6 Å². The average molecular weight is 471 g/mol. The van der Waals surface area contributed by atoms with Crippen LogP contribution in [-0.4, -0.2) is 24.5 Å². The minimum Gasteiger partial charge on any atom is -0.323 e. The highest BCUT2D eigenvalue weighted by Crippen LogP contribution is 2.43. The zero-order chi connectivity index (χ0) is 21.4. The van der Waals surface area contributed by atoms with E-state index in [2.05, 4.69) is 0 Å². The minimum absolute atomic E-state index is 0.0330. The zero-order valence-electron chi connectivity index (χ0n) is 14.5. The predicted molar refractivity (Wildman–Crippen MR) is 112 cm³/mol. The van der Waals surface area contributed by atoms with E-state index >= 15 is 0 Å². The first-order valence-corrected chi connectivity index (χ1v) is 12.0. The smallest absolute Gasteiger partial charge is 0.323 e. The SMILES string of the molecule is N#Cc1ccc2ccccc2c1N(CP(=O)(O)O)S(=O)(=O)c1cc(Cl)cc(Cl)c1. The highest BCUT2D eigenvalue weighted by atomic mass is 35.5. The van der Waals surface area contributed by atoms with Gasteiger partial charge >= 0.3 is 7.60 Å². The van der Waals surface area contributed by atoms with E-state index in [0.717, 1.165) is 12.1 Å². The summed E-state index contributed by atoms with van der Waals surface area (Å²) in [5.41, 5.74) is -0.195. The molecule has 0 aliphatic heterocycles. The van der Waals surface area contributed by atoms with Crippen molar-refractivity contribution in [3.8, 4) is 6.07 Å². The molecule has 0 heterocycles. The summed E-state index contributed by atoms with van der Waals surface area (Å²) in [4.78, 5) is 18.8. The van der Waals surface area contributed by atoms with Gasteiger partial charge in [0.2, 0.25) is 0 Å². The molecule has 0 fully saturated rings. The van der Waals surface area contributed by atoms with Crippen molar-refractivity contribution in [1.29, 1.82) is 5.26 Å². The standard InChI is InChI=1S/C18H13Cl2N2O5PS/c19-14-7-15(20)9-16(8-14)29(26,27)22(11-28(23,24)25)18-13(10-21)6-5-12-3-1-2-4-17(12)18/h1-9H,11H2,(H2,23,24,25). The maximum absolute atomic E-state index is 13.4. The monoisotopic (exact) mass is 470 g/mol. The number of benzene rings is 3. The Kier molecular flexibility index (Phi) is 5.93. The lowest BCUT2D eigenvalue weighted by Crippen LogP contribution is -2.33. The summed E-state index contributed by atoms with van der Waals surface area (Å²) in [5.74, 6) is 0. The molecule has 11 heteroatoms. The molecule has 3 rings (SSSR count). The van der Waals surface area contributed by atoms with Gasteiger partial charge in [-0.2, -0.15) is 5.26 Å². The van der Waals surface area contributed by atoms with Gasteiger partial charge in [0.15, 0.2) is 0 Å². The number of fused-ring (bicyclic) bond motifs is 1. The van der Waals surface area contributed by atoms with Crippen molar-refractivity contribution in [2.24, 2.45) is 0 Å². The first kappa shape index (κ1) is 21.6. The molecule has 0 aliphatic carbocycles. The van der Waals surface area contributed by atoms with E-state index in [9.17, 15) is 28.0 Å². The van der Waals surface area contributed by atoms with Crippen molar-refractivity contribution in [3.05, 3.63) is 70.2 Å². The second-order valence-electron chi connectivity index (χ2n) is 6.06. The number of halogens is 2. The lowest BCUT2D eigenvalue weighted by Gasteiger charge is -2.27. The summed E-state index contributed by atoms with van der Waals surface area (Å²) in [6.45, 7) is 0. The Hall–Kier alpha value is -2.11. The number of rotatable bonds is 5. The number of nitrogens with zero attached hydrogens (tertiary/aromatic N) is 2. The van der Waals surface area contributed by atoms with Gasteiger partial charge in [-0.15, -0.1) is 0 Å². The molecule has 0 saturated carbocycles. The summed E-state index contributed by atoms with van der Waals surface area (Å²) in [6, 6.07) is 15.1. The van der Waals surface area contributed by atoms with Crippen LogP contribution in [0.3, 0.4) is 0 Å². The Bertz CT molecular complexity index is 1280. The molecule has 0 aromatic heterocycles. The molecule has 0 spiro atoms. The molecule has 3 aromatic carbocycles. The van der Waals surface area contributed by atoms with E-state index in [1.807, 2.05) is 6.07 Å². The van der Waals surface area contributed by atoms with Crippen LogP contribution in [0.1, 0.15) is 5.56 Å². The second kappa shape index (κ2) is 7.96. The molecule has 0 bridgehead atoms. The van der Waals surface area contributed by atoms with Crippen LogP contribution >= 0.6 is 30.8 Å². The van der Waals surface area contributed by atoms with Crippen molar-refractivity contribution in [2.45, 2.75) is 4.90 Å². The molecule has 7 nitrogen and oxygen atoms in total. The molecule has 0 aliphatic rings. The van der Waals surface area contributed by atoms with Crippen LogP contribution in [0.5, 0.6) is 0 Å². The van der Waals surface area contributed by atoms with Gasteiger partial charge in [-0.1, -0.05) is 53.5 Å². The summed E-state index contributed by atoms with van der Waals surface area (Å²) >= 11 is 11.8. The van der Waals surface area contributed by atoms with Gasteiger partial charge in [-0.3, -0.25) is 8.87 Å². The summed E-state index contributed by atoms with van der Waals surface area (Å²) in [7, 11) is -9.40. The second-order valence-corrected chi connectivity index (χ2v) is 10.4. The maximum atomic E-state index is 13.4. The first-order chi connectivity index (χ1) is 13.5. The largest absolute Gasteiger partial charge is 0.345 e. The number of hydrogen-bond acceptors (Lipinski definition) is 4. The highest BCUT2D eigenvalue weighted by Gasteiger charge is 2.34. The Labute approximate surface area is 176 Å². The quantitative estimate of drug-likeness (QED) is 0.535. The molecule has 150 valence electrons. The van der Waals surface area contributed by atoms with Crippen molar-refractivity contribution < 1.29 is 22.8 Å². The van der Waals surface area contributed by atoms with Crippen LogP contribution in [0.15, 0.2) is 59.5 Å². The molecule has 2 N–H and O–H groups in total. The van der Waals surface area contributed by atoms with Crippen molar-refractivity contribution in [3.63, 3.8) is 0 Å². The van der Waals surface area contributed by atoms with E-state index < -0.39 is 23.9 Å². The van der Waals surface area contributed by atoms with E-state index in [0.29, 0.717) is 15.1 Å². The highest BCUT2D eigenvalue weighted by molar-refractivity contribution is 7.93. The predicted octanol–water partition coefficient (Wildman–Crippen LogP) is 4.35. The number of sulfonamides is 1. The normalized spacial score (nSPS) is 12.0. The van der Waals surface area contributed by atoms with E-state index in [1.54, 1.807) is 30.3 Å². The van der Waals surface area contributed by atoms with Crippen molar-refractivity contribution in [1.82, 2.24) is 0 Å². The lowest BCUT2D eigenvalue weighted by atomic mass is 10.0. The molecular formula is C18H13Cl2N2O5PS. The summed E-state index contributed by atoms with van der Waals surface area (Å²) in [5, 5.41) is 10.5. The minimum atomic E-state index is -4.86. The number of anilines is 1. The van der Waals surface area contributed by atoms with Crippen LogP contribution in [0.4, 0.5) is 5.69 Å². The van der Waals surface area contributed by atoms with Crippen molar-refractivity contribution >= 4 is 57.3 Å². The van der Waals surface area contributed by atoms with Gasteiger partial charge in [-0.05, 0) is 29.7 Å². The molecule has 3 aromatic rings. The van der Waals surface area contributed by atoms with Gasteiger partial charge in [0.05, 0.1) is 16.1 Å². The van der Waals surface area contributed by atoms with E-state index in [-0.39, 0.29) is 26.2 Å². The third kappa shape index (κ3) is 4.57. The molecule has 0 saturated heterocycles. The summed E-state index contributed by atoms with van der Waals surface area (Å²) < 4.78 is 39.1. The zero-order valence-corrected chi connectivity index (χ0v) is 17.8. The fourth-order valence-corrected chi connectivity index (χ4v) is 6.29. The summed E-state index contributed by atoms with van der Waals surface area (Å²) in [6.07, 6.45) is -1.16. The number of nitriles is 1. The van der Waals surface area contributed by atoms with Gasteiger partial charge < -0.3 is 9.79 Å². The third-order valence-corrected chi connectivity index (χ3v) is 7.01. The topological polar surface area (TPSA) is 119 Å². The molecule has 0 unspecified atom stereocenters. The van der Waals surface area contributed by atoms with Gasteiger partial charge in [0.1, 0.15) is 12.4 Å². The van der Waals surface area contributed by atoms with Crippen LogP contribution in [-0.2, 0) is 14.6 Å². The Morgan fingerprint density at radius 1 is 1.03 bits per heavy atom. The Morgan fingerprint density at radius 2 is 1.66 bits per heavy atom. The number of hydrogen-bond donors (Lipinski definition) is 2. The van der Waals surface area contributed by atoms with Gasteiger partial charge in [-0.25, -0.2) is 8.42 Å². The van der Waals surface area contributed by atoms with E-state index in [4.69, 9.17) is 23.2 Å². The average Bonchev–Trinajstić information content (AvgIpc) is 2.63. The molecule has 0 atom stereocenters. The van der Waals surface area contributed by atoms with E-state index in [1.165, 1.54) is 12.1 Å². The molecule has 0 radical (unpaired) electrons. The van der Waals surface area contributed by atoms with Crippen LogP contribution in [0, 0.1) is 11.3 Å². The fraction of sp³-hybridized carbons (Fsp3) is 0.0556. The molecule has 29 heavy (non-hydrogen) atoms. The Morgan fingerprint density at radius 3 is 2.24 bits per heavy atom. The molecular weight excluding hydrogens is 458 g/mol. The maximum Gasteiger partial charge on any atom is 0.345 e. The third-order valence-electron chi connectivity index (χ3n) is 4.01. The lowest BCUT2D eigenvalue weighted by molar-refractivity contribution is 0.373. The fourth-order valence-electron chi connectivity index (χ4n) is 2.85. The Balaban J connectivity index is 2.37. The van der Waals surface area contributed by atoms with Crippen LogP contribution < -0.4 is 4.31 Å². The van der Waals surface area contributed by atoms with Gasteiger partial charge in [0.25, 0.3) is 10.0 Å². The first-order valence-electron chi connectivity index (χ1n) is 7.98. The van der Waals surface area contributed by atoms with Gasteiger partial charge in [0, 0.05) is 15.4 Å². The van der Waals surface area contributed by atoms with Crippen LogP contribution in [0.2, 0.25) is 10.0 Å². The molecule has 0 amide bonds.